The smallest absolute Gasteiger partial charge is 0.331 e. The maximum absolute atomic E-state index is 12.2. The Labute approximate surface area is 113 Å². The van der Waals surface area contributed by atoms with Crippen LogP contribution in [0.25, 0.3) is 0 Å². The molecule has 1 heterocycles. The fourth-order valence-electron chi connectivity index (χ4n) is 2.10. The molecule has 6 heteroatoms. The first-order valence-electron chi connectivity index (χ1n) is 6.18. The van der Waals surface area contributed by atoms with Crippen molar-refractivity contribution >= 4 is 17.7 Å². The molecule has 0 bridgehead atoms. The molecule has 1 aliphatic rings. The molecule has 0 radical (unpaired) electrons. The molecule has 0 aromatic carbocycles. The number of esters is 1. The van der Waals surface area contributed by atoms with Crippen molar-refractivity contribution in [2.75, 3.05) is 13.7 Å². The molecule has 0 aromatic heterocycles. The minimum Gasteiger partial charge on any atom is -0.467 e. The van der Waals surface area contributed by atoms with Crippen molar-refractivity contribution in [1.82, 2.24) is 4.90 Å². The van der Waals surface area contributed by atoms with Crippen LogP contribution in [0.1, 0.15) is 34.1 Å². The summed E-state index contributed by atoms with van der Waals surface area (Å²) in [7, 11) is 1.26. The molecule has 0 N–H and O–H groups in total. The van der Waals surface area contributed by atoms with Crippen molar-refractivity contribution in [3.63, 3.8) is 0 Å². The third kappa shape index (κ3) is 3.53. The van der Waals surface area contributed by atoms with Crippen LogP contribution < -0.4 is 0 Å². The Morgan fingerprint density at radius 1 is 1.32 bits per heavy atom. The van der Waals surface area contributed by atoms with Gasteiger partial charge in [0.2, 0.25) is 5.91 Å². The molecule has 2 atom stereocenters. The Bertz CT molecular complexity index is 385. The quantitative estimate of drug-likeness (QED) is 0.559. The molecule has 1 rings (SSSR count). The Morgan fingerprint density at radius 2 is 1.89 bits per heavy atom. The molecule has 1 aliphatic heterocycles. The van der Waals surface area contributed by atoms with Crippen molar-refractivity contribution in [1.29, 1.82) is 0 Å². The van der Waals surface area contributed by atoms with Crippen molar-refractivity contribution in [3.05, 3.63) is 0 Å². The lowest BCUT2D eigenvalue weighted by atomic mass is 9.93. The summed E-state index contributed by atoms with van der Waals surface area (Å²) in [6, 6.07) is -0.777. The number of carbonyl (C=O) groups excluding carboxylic acids is 3. The molecule has 19 heavy (non-hydrogen) atoms. The van der Waals surface area contributed by atoms with Crippen LogP contribution in [-0.2, 0) is 23.9 Å². The van der Waals surface area contributed by atoms with E-state index in [0.717, 1.165) is 0 Å². The highest BCUT2D eigenvalue weighted by atomic mass is 16.5. The summed E-state index contributed by atoms with van der Waals surface area (Å²) in [5.41, 5.74) is -0.352. The normalized spacial score (nSPS) is 23.3. The summed E-state index contributed by atoms with van der Waals surface area (Å²) < 4.78 is 10.2. The molecule has 108 valence electrons. The zero-order valence-electron chi connectivity index (χ0n) is 12.1. The highest BCUT2D eigenvalue weighted by Crippen LogP contribution is 2.32. The fraction of sp³-hybridized carbons (Fsp3) is 0.769. The van der Waals surface area contributed by atoms with Crippen LogP contribution in [0.3, 0.4) is 0 Å². The number of methoxy groups -OCH3 is 1. The summed E-state index contributed by atoms with van der Waals surface area (Å²) in [5.74, 6) is -1.17. The summed E-state index contributed by atoms with van der Waals surface area (Å²) in [6.45, 7) is 7.16. The number of ether oxygens (including phenoxy) is 2. The minimum atomic E-state index is -0.777. The van der Waals surface area contributed by atoms with Gasteiger partial charge in [-0.1, -0.05) is 20.8 Å². The predicted molar refractivity (Wildman–Crippen MR) is 67.1 cm³/mol. The van der Waals surface area contributed by atoms with E-state index in [1.807, 2.05) is 20.8 Å². The summed E-state index contributed by atoms with van der Waals surface area (Å²) in [4.78, 5) is 36.3. The Kier molecular flexibility index (Phi) is 4.68. The second-order valence-corrected chi connectivity index (χ2v) is 5.77. The zero-order valence-corrected chi connectivity index (χ0v) is 12.1. The van der Waals surface area contributed by atoms with Gasteiger partial charge in [0, 0.05) is 5.41 Å². The van der Waals surface area contributed by atoms with E-state index in [1.54, 1.807) is 0 Å². The number of ketones is 1. The highest BCUT2D eigenvalue weighted by Gasteiger charge is 2.47. The average Bonchev–Trinajstić information content (AvgIpc) is 2.70. The molecule has 6 nitrogen and oxygen atoms in total. The van der Waals surface area contributed by atoms with E-state index in [-0.39, 0.29) is 24.2 Å². The molecule has 1 saturated heterocycles. The van der Waals surface area contributed by atoms with Gasteiger partial charge in [0.05, 0.1) is 20.1 Å². The van der Waals surface area contributed by atoms with Crippen molar-refractivity contribution in [2.24, 2.45) is 5.41 Å². The molecular formula is C13H21NO5. The molecule has 1 fully saturated rings. The third-order valence-electron chi connectivity index (χ3n) is 2.90. The van der Waals surface area contributed by atoms with E-state index in [1.165, 1.54) is 18.9 Å². The van der Waals surface area contributed by atoms with Crippen LogP contribution >= 0.6 is 0 Å². The van der Waals surface area contributed by atoms with Gasteiger partial charge in [-0.3, -0.25) is 14.5 Å². The van der Waals surface area contributed by atoms with E-state index < -0.39 is 24.1 Å². The summed E-state index contributed by atoms with van der Waals surface area (Å²) in [5, 5.41) is 0. The highest BCUT2D eigenvalue weighted by molar-refractivity contribution is 5.98. The van der Waals surface area contributed by atoms with Crippen LogP contribution in [0.15, 0.2) is 0 Å². The van der Waals surface area contributed by atoms with Gasteiger partial charge in [-0.15, -0.1) is 0 Å². The number of amides is 1. The molecule has 0 spiro atoms. The zero-order chi connectivity index (χ0) is 14.8. The van der Waals surface area contributed by atoms with E-state index in [4.69, 9.17) is 4.74 Å². The Hall–Kier alpha value is -1.43. The monoisotopic (exact) mass is 271 g/mol. The second kappa shape index (κ2) is 5.69. The first-order valence-corrected chi connectivity index (χ1v) is 6.18. The topological polar surface area (TPSA) is 72.9 Å². The van der Waals surface area contributed by atoms with Gasteiger partial charge in [-0.05, 0) is 6.92 Å². The van der Waals surface area contributed by atoms with Crippen LogP contribution in [0.5, 0.6) is 0 Å². The number of rotatable bonds is 3. The predicted octanol–water partition coefficient (Wildman–Crippen LogP) is 0.738. The lowest BCUT2D eigenvalue weighted by molar-refractivity contribution is -0.156. The number of nitrogens with zero attached hydrogens (tertiary/aromatic N) is 1. The standard InChI is InChI=1S/C13H21NO5/c1-8(15)6-10(16)14-9(11(17)18-5)7-19-12(14)13(2,3)4/h9,12H,6-7H2,1-5H3. The molecular weight excluding hydrogens is 250 g/mol. The first-order chi connectivity index (χ1) is 8.68. The van der Waals surface area contributed by atoms with Crippen LogP contribution in [0.2, 0.25) is 0 Å². The number of hydrogen-bond acceptors (Lipinski definition) is 5. The molecule has 2 unspecified atom stereocenters. The number of Topliss-reactive ketones (excluding diaryl/α,β-unsaturated/α-hetero) is 1. The lowest BCUT2D eigenvalue weighted by Crippen LogP contribution is -2.50. The van der Waals surface area contributed by atoms with Crippen molar-refractivity contribution in [2.45, 2.75) is 46.4 Å². The van der Waals surface area contributed by atoms with Gasteiger partial charge in [-0.25, -0.2) is 4.79 Å². The summed E-state index contributed by atoms with van der Waals surface area (Å²) in [6.07, 6.45) is -0.771. The van der Waals surface area contributed by atoms with Crippen LogP contribution in [0.4, 0.5) is 0 Å². The van der Waals surface area contributed by atoms with Gasteiger partial charge in [0.1, 0.15) is 12.0 Å². The van der Waals surface area contributed by atoms with Gasteiger partial charge >= 0.3 is 5.97 Å². The van der Waals surface area contributed by atoms with Crippen LogP contribution in [0, 0.1) is 5.41 Å². The van der Waals surface area contributed by atoms with Gasteiger partial charge < -0.3 is 9.47 Å². The first kappa shape index (κ1) is 15.6. The minimum absolute atomic E-state index is 0.0955. The third-order valence-corrected chi connectivity index (χ3v) is 2.90. The molecule has 0 aromatic rings. The number of carbonyl (C=O) groups is 3. The van der Waals surface area contributed by atoms with Crippen molar-refractivity contribution in [3.8, 4) is 0 Å². The van der Waals surface area contributed by atoms with Gasteiger partial charge in [0.15, 0.2) is 6.04 Å². The van der Waals surface area contributed by atoms with Gasteiger partial charge in [0.25, 0.3) is 0 Å². The molecule has 0 aliphatic carbocycles. The molecule has 1 amide bonds. The maximum atomic E-state index is 12.2. The summed E-state index contributed by atoms with van der Waals surface area (Å²) >= 11 is 0. The SMILES string of the molecule is COC(=O)C1COC(C(C)(C)C)N1C(=O)CC(C)=O. The van der Waals surface area contributed by atoms with Crippen molar-refractivity contribution < 1.29 is 23.9 Å². The number of hydrogen-bond donors (Lipinski definition) is 0. The van der Waals surface area contributed by atoms with E-state index in [2.05, 4.69) is 4.74 Å². The Balaban J connectivity index is 3.01. The lowest BCUT2D eigenvalue weighted by Gasteiger charge is -2.35. The van der Waals surface area contributed by atoms with E-state index >= 15 is 0 Å². The second-order valence-electron chi connectivity index (χ2n) is 5.77. The van der Waals surface area contributed by atoms with Crippen LogP contribution in [-0.4, -0.2) is 48.5 Å². The van der Waals surface area contributed by atoms with E-state index in [9.17, 15) is 14.4 Å². The maximum Gasteiger partial charge on any atom is 0.331 e. The largest absolute Gasteiger partial charge is 0.467 e. The van der Waals surface area contributed by atoms with E-state index in [0.29, 0.717) is 0 Å². The fourth-order valence-corrected chi connectivity index (χ4v) is 2.10. The Morgan fingerprint density at radius 3 is 2.32 bits per heavy atom. The average molecular weight is 271 g/mol. The van der Waals surface area contributed by atoms with Gasteiger partial charge in [-0.2, -0.15) is 0 Å². The molecule has 0 saturated carbocycles.